The fourth-order valence-electron chi connectivity index (χ4n) is 3.39. The van der Waals surface area contributed by atoms with Gasteiger partial charge in [-0.1, -0.05) is 13.8 Å². The minimum Gasteiger partial charge on any atom is -0.481 e. The monoisotopic (exact) mass is 332 g/mol. The molecule has 0 aromatic heterocycles. The van der Waals surface area contributed by atoms with Gasteiger partial charge in [0, 0.05) is 19.6 Å². The number of nitrogens with zero attached hydrogens (tertiary/aromatic N) is 1. The van der Waals surface area contributed by atoms with Crippen molar-refractivity contribution in [1.82, 2.24) is 9.62 Å². The van der Waals surface area contributed by atoms with Gasteiger partial charge in [-0.3, -0.25) is 9.59 Å². The minimum atomic E-state index is -3.14. The van der Waals surface area contributed by atoms with Crippen LogP contribution in [0.3, 0.4) is 0 Å². The molecule has 1 saturated heterocycles. The molecule has 22 heavy (non-hydrogen) atoms. The maximum atomic E-state index is 12.1. The normalized spacial score (nSPS) is 29.0. The van der Waals surface area contributed by atoms with Gasteiger partial charge < -0.3 is 10.4 Å². The van der Waals surface area contributed by atoms with Gasteiger partial charge >= 0.3 is 5.97 Å². The van der Waals surface area contributed by atoms with Crippen LogP contribution in [0.15, 0.2) is 0 Å². The Hall–Kier alpha value is -1.15. The molecule has 1 aliphatic carbocycles. The quantitative estimate of drug-likeness (QED) is 0.745. The first-order chi connectivity index (χ1) is 10.0. The lowest BCUT2D eigenvalue weighted by atomic mass is 9.98. The van der Waals surface area contributed by atoms with Gasteiger partial charge in [0.15, 0.2) is 0 Å². The van der Waals surface area contributed by atoms with Crippen molar-refractivity contribution >= 4 is 21.9 Å². The van der Waals surface area contributed by atoms with E-state index in [0.29, 0.717) is 32.5 Å². The molecule has 0 unspecified atom stereocenters. The van der Waals surface area contributed by atoms with E-state index < -0.39 is 33.2 Å². The zero-order valence-corrected chi connectivity index (χ0v) is 14.0. The van der Waals surface area contributed by atoms with E-state index >= 15 is 0 Å². The summed E-state index contributed by atoms with van der Waals surface area (Å²) in [7, 11) is -3.14. The Labute approximate surface area is 131 Å². The number of piperidine rings is 1. The number of hydrogen-bond acceptors (Lipinski definition) is 4. The van der Waals surface area contributed by atoms with E-state index in [4.69, 9.17) is 5.11 Å². The Balaban J connectivity index is 1.78. The van der Waals surface area contributed by atoms with E-state index in [-0.39, 0.29) is 11.8 Å². The number of carbonyl (C=O) groups excluding carboxylic acids is 1. The van der Waals surface area contributed by atoms with Crippen LogP contribution in [-0.4, -0.2) is 55.6 Å². The van der Waals surface area contributed by atoms with Crippen molar-refractivity contribution in [3.8, 4) is 0 Å². The number of carbonyl (C=O) groups is 2. The van der Waals surface area contributed by atoms with Gasteiger partial charge in [-0.15, -0.1) is 0 Å². The van der Waals surface area contributed by atoms with Crippen LogP contribution in [0.4, 0.5) is 0 Å². The topological polar surface area (TPSA) is 104 Å². The second kappa shape index (κ2) is 5.81. The van der Waals surface area contributed by atoms with E-state index in [9.17, 15) is 18.0 Å². The molecule has 126 valence electrons. The van der Waals surface area contributed by atoms with Crippen LogP contribution in [0.2, 0.25) is 0 Å². The van der Waals surface area contributed by atoms with E-state index in [1.54, 1.807) is 13.8 Å². The third-order valence-corrected chi connectivity index (χ3v) is 6.29. The number of aliphatic carboxylic acids is 1. The SMILES string of the molecule is CC1(C)[C@H](C(=O)O)[C@@H]1C(=O)NCC1CCN(S(C)(=O)=O)CC1. The van der Waals surface area contributed by atoms with Crippen LogP contribution >= 0.6 is 0 Å². The van der Waals surface area contributed by atoms with Gasteiger partial charge in [-0.2, -0.15) is 0 Å². The lowest BCUT2D eigenvalue weighted by molar-refractivity contribution is -0.140. The first-order valence-corrected chi connectivity index (χ1v) is 9.35. The molecule has 1 aliphatic heterocycles. The number of hydrogen-bond donors (Lipinski definition) is 2. The third kappa shape index (κ3) is 3.43. The Bertz CT molecular complexity index is 564. The van der Waals surface area contributed by atoms with Crippen LogP contribution < -0.4 is 5.32 Å². The van der Waals surface area contributed by atoms with Crippen molar-refractivity contribution in [2.75, 3.05) is 25.9 Å². The van der Waals surface area contributed by atoms with Gasteiger partial charge in [-0.25, -0.2) is 12.7 Å². The molecule has 0 bridgehead atoms. The van der Waals surface area contributed by atoms with Crippen molar-refractivity contribution in [2.45, 2.75) is 26.7 Å². The molecule has 2 rings (SSSR count). The van der Waals surface area contributed by atoms with Crippen LogP contribution in [0.25, 0.3) is 0 Å². The summed E-state index contributed by atoms with van der Waals surface area (Å²) in [5.41, 5.74) is -0.491. The lowest BCUT2D eigenvalue weighted by Crippen LogP contribution is -2.41. The molecular formula is C14H24N2O5S. The van der Waals surface area contributed by atoms with E-state index in [0.717, 1.165) is 0 Å². The number of carboxylic acid groups (broad SMARTS) is 1. The van der Waals surface area contributed by atoms with E-state index in [1.165, 1.54) is 10.6 Å². The average molecular weight is 332 g/mol. The van der Waals surface area contributed by atoms with E-state index in [1.807, 2.05) is 0 Å². The average Bonchev–Trinajstić information content (AvgIpc) is 2.99. The van der Waals surface area contributed by atoms with Crippen molar-refractivity contribution in [3.05, 3.63) is 0 Å². The smallest absolute Gasteiger partial charge is 0.307 e. The number of amides is 1. The van der Waals surface area contributed by atoms with Crippen LogP contribution in [0, 0.1) is 23.2 Å². The largest absolute Gasteiger partial charge is 0.481 e. The van der Waals surface area contributed by atoms with Gasteiger partial charge in [0.25, 0.3) is 0 Å². The zero-order chi connectivity index (χ0) is 16.7. The maximum Gasteiger partial charge on any atom is 0.307 e. The Kier molecular flexibility index (Phi) is 4.54. The molecule has 1 amide bonds. The van der Waals surface area contributed by atoms with Crippen molar-refractivity contribution < 1.29 is 23.1 Å². The molecule has 0 aromatic rings. The second-order valence-corrected chi connectivity index (χ2v) is 8.95. The van der Waals surface area contributed by atoms with Crippen LogP contribution in [0.5, 0.6) is 0 Å². The Morgan fingerprint density at radius 1 is 1.23 bits per heavy atom. The number of nitrogens with one attached hydrogen (secondary N) is 1. The van der Waals surface area contributed by atoms with Crippen molar-refractivity contribution in [1.29, 1.82) is 0 Å². The summed E-state index contributed by atoms with van der Waals surface area (Å²) in [5, 5.41) is 11.9. The lowest BCUT2D eigenvalue weighted by Gasteiger charge is -2.30. The third-order valence-electron chi connectivity index (χ3n) is 4.98. The molecule has 7 nitrogen and oxygen atoms in total. The summed E-state index contributed by atoms with van der Waals surface area (Å²) in [6, 6.07) is 0. The molecule has 0 radical (unpaired) electrons. The maximum absolute atomic E-state index is 12.1. The molecule has 0 spiro atoms. The van der Waals surface area contributed by atoms with Gasteiger partial charge in [0.2, 0.25) is 15.9 Å². The van der Waals surface area contributed by atoms with Gasteiger partial charge in [-0.05, 0) is 24.2 Å². The summed E-state index contributed by atoms with van der Waals surface area (Å²) in [4.78, 5) is 23.2. The molecule has 2 N–H and O–H groups in total. The molecule has 2 atom stereocenters. The fraction of sp³-hybridized carbons (Fsp3) is 0.857. The van der Waals surface area contributed by atoms with Gasteiger partial charge in [0.1, 0.15) is 0 Å². The summed E-state index contributed by atoms with van der Waals surface area (Å²) in [5.74, 6) is -1.97. The van der Waals surface area contributed by atoms with Crippen LogP contribution in [0.1, 0.15) is 26.7 Å². The first-order valence-electron chi connectivity index (χ1n) is 7.50. The zero-order valence-electron chi connectivity index (χ0n) is 13.2. The predicted octanol–water partition coefficient (Wildman–Crippen LogP) is 0.131. The molecule has 1 heterocycles. The highest BCUT2D eigenvalue weighted by atomic mass is 32.2. The fourth-order valence-corrected chi connectivity index (χ4v) is 4.26. The molecule has 0 aromatic carbocycles. The second-order valence-electron chi connectivity index (χ2n) is 6.97. The minimum absolute atomic E-state index is 0.206. The molecule has 1 saturated carbocycles. The molecule has 2 fully saturated rings. The number of carboxylic acids is 1. The molecular weight excluding hydrogens is 308 g/mol. The van der Waals surface area contributed by atoms with Crippen molar-refractivity contribution in [3.63, 3.8) is 0 Å². The first kappa shape index (κ1) is 17.2. The van der Waals surface area contributed by atoms with Crippen molar-refractivity contribution in [2.24, 2.45) is 23.2 Å². The summed E-state index contributed by atoms with van der Waals surface area (Å²) in [6.45, 7) is 5.02. The highest BCUT2D eigenvalue weighted by Crippen LogP contribution is 2.58. The summed E-state index contributed by atoms with van der Waals surface area (Å²) < 4.78 is 24.3. The Morgan fingerprint density at radius 3 is 2.18 bits per heavy atom. The summed E-state index contributed by atoms with van der Waals surface area (Å²) in [6.07, 6.45) is 2.63. The number of sulfonamides is 1. The number of rotatable bonds is 5. The van der Waals surface area contributed by atoms with Crippen LogP contribution in [-0.2, 0) is 19.6 Å². The van der Waals surface area contributed by atoms with Gasteiger partial charge in [0.05, 0.1) is 18.1 Å². The predicted molar refractivity (Wildman–Crippen MR) is 80.5 cm³/mol. The highest BCUT2D eigenvalue weighted by molar-refractivity contribution is 7.88. The summed E-state index contributed by atoms with van der Waals surface area (Å²) >= 11 is 0. The van der Waals surface area contributed by atoms with E-state index in [2.05, 4.69) is 5.32 Å². The Morgan fingerprint density at radius 2 is 1.77 bits per heavy atom. The molecule has 8 heteroatoms. The highest BCUT2D eigenvalue weighted by Gasteiger charge is 2.65. The standard InChI is InChI=1S/C14H24N2O5S/c1-14(2)10(11(14)13(18)19)12(17)15-8-9-4-6-16(7-5-9)22(3,20)21/h9-11H,4-8H2,1-3H3,(H,15,17)(H,18,19)/t10-,11+/m1/s1. The molecule has 2 aliphatic rings.